The van der Waals surface area contributed by atoms with Crippen LogP contribution in [0.15, 0.2) is 54.2 Å². The Morgan fingerprint density at radius 1 is 1.11 bits per heavy atom. The average molecular weight is 374 g/mol. The van der Waals surface area contributed by atoms with E-state index in [0.717, 1.165) is 34.5 Å². The van der Waals surface area contributed by atoms with Crippen LogP contribution in [-0.2, 0) is 4.79 Å². The van der Waals surface area contributed by atoms with Gasteiger partial charge in [0.05, 0.1) is 5.69 Å². The summed E-state index contributed by atoms with van der Waals surface area (Å²) in [5.74, 6) is 0.848. The minimum absolute atomic E-state index is 0.00135. The van der Waals surface area contributed by atoms with Crippen molar-refractivity contribution in [3.05, 3.63) is 65.5 Å². The fourth-order valence-electron chi connectivity index (χ4n) is 4.14. The van der Waals surface area contributed by atoms with Crippen LogP contribution in [0.1, 0.15) is 49.8 Å². The number of rotatable bonds is 5. The Bertz CT molecular complexity index is 911. The smallest absolute Gasteiger partial charge is 0.251 e. The lowest BCUT2D eigenvalue weighted by atomic mass is 9.89. The number of nitrogens with zero attached hydrogens (tertiary/aromatic N) is 2. The second kappa shape index (κ2) is 8.38. The molecule has 2 aliphatic rings. The number of carbonyl (C=O) groups is 1. The number of anilines is 1. The normalized spacial score (nSPS) is 17.5. The third-order valence-corrected chi connectivity index (χ3v) is 5.66. The number of hydrogen-bond donors (Lipinski definition) is 2. The highest BCUT2D eigenvalue weighted by Gasteiger charge is 2.25. The molecule has 0 atom stereocenters. The predicted octanol–water partition coefficient (Wildman–Crippen LogP) is 4.00. The summed E-state index contributed by atoms with van der Waals surface area (Å²) in [6.45, 7) is 0.758. The first-order chi connectivity index (χ1) is 13.7. The molecule has 1 aromatic carbocycles. The number of allylic oxidation sites excluding steroid dienone is 2. The monoisotopic (exact) mass is 374 g/mol. The lowest BCUT2D eigenvalue weighted by Gasteiger charge is -2.21. The van der Waals surface area contributed by atoms with E-state index in [4.69, 9.17) is 5.73 Å². The fraction of sp³-hybridized carbons (Fsp3) is 0.348. The molecular weight excluding hydrogens is 348 g/mol. The Labute approximate surface area is 165 Å². The quantitative estimate of drug-likeness (QED) is 0.829. The lowest BCUT2D eigenvalue weighted by molar-refractivity contribution is -0.117. The second-order valence-electron chi connectivity index (χ2n) is 7.62. The number of aromatic nitrogens is 2. The van der Waals surface area contributed by atoms with Gasteiger partial charge in [-0.3, -0.25) is 4.79 Å². The highest BCUT2D eigenvalue weighted by molar-refractivity contribution is 6.09. The van der Waals surface area contributed by atoms with E-state index in [0.29, 0.717) is 12.3 Å². The summed E-state index contributed by atoms with van der Waals surface area (Å²) in [6.07, 6.45) is 10.6. The van der Waals surface area contributed by atoms with Gasteiger partial charge < -0.3 is 11.1 Å². The number of benzene rings is 1. The molecule has 0 aliphatic heterocycles. The molecule has 5 nitrogen and oxygen atoms in total. The van der Waals surface area contributed by atoms with Gasteiger partial charge in [0.1, 0.15) is 0 Å². The standard InChI is InChI=1S/C23H26N4O/c24-23-25-12-11-21(27-23)18-13-19(17-9-5-2-6-10-17)20(14-18)22(28)26-15-16-7-3-1-4-8-16/h2,5-6,9-12,14,16H,1,3-4,7-8,13,15H2,(H,26,28)(H2,24,25,27). The minimum Gasteiger partial charge on any atom is -0.368 e. The van der Waals surface area contributed by atoms with Crippen LogP contribution < -0.4 is 11.1 Å². The van der Waals surface area contributed by atoms with Gasteiger partial charge in [-0.2, -0.15) is 0 Å². The van der Waals surface area contributed by atoms with Crippen LogP contribution in [0, 0.1) is 5.92 Å². The largest absolute Gasteiger partial charge is 0.368 e. The number of carbonyl (C=O) groups excluding carboxylic acids is 1. The van der Waals surface area contributed by atoms with Gasteiger partial charge in [-0.1, -0.05) is 49.6 Å². The van der Waals surface area contributed by atoms with Crippen LogP contribution in [-0.4, -0.2) is 22.4 Å². The Balaban J connectivity index is 1.58. The zero-order valence-electron chi connectivity index (χ0n) is 16.0. The van der Waals surface area contributed by atoms with Crippen molar-refractivity contribution in [1.29, 1.82) is 0 Å². The van der Waals surface area contributed by atoms with Gasteiger partial charge in [0.15, 0.2) is 0 Å². The molecule has 0 spiro atoms. The third-order valence-electron chi connectivity index (χ3n) is 5.66. The number of nitrogens with one attached hydrogen (secondary N) is 1. The van der Waals surface area contributed by atoms with Crippen LogP contribution in [0.3, 0.4) is 0 Å². The Hall–Kier alpha value is -2.95. The molecule has 0 unspecified atom stereocenters. The summed E-state index contributed by atoms with van der Waals surface area (Å²) >= 11 is 0. The molecule has 0 bridgehead atoms. The van der Waals surface area contributed by atoms with Crippen LogP contribution in [0.25, 0.3) is 11.1 Å². The molecule has 1 amide bonds. The van der Waals surface area contributed by atoms with Crippen molar-refractivity contribution in [2.24, 2.45) is 5.92 Å². The van der Waals surface area contributed by atoms with Crippen molar-refractivity contribution >= 4 is 23.0 Å². The molecule has 144 valence electrons. The first-order valence-corrected chi connectivity index (χ1v) is 10.1. The van der Waals surface area contributed by atoms with Crippen LogP contribution in [0.2, 0.25) is 0 Å². The molecule has 4 rings (SSSR count). The lowest BCUT2D eigenvalue weighted by Crippen LogP contribution is -2.31. The molecule has 3 N–H and O–H groups in total. The highest BCUT2D eigenvalue weighted by Crippen LogP contribution is 2.37. The Morgan fingerprint density at radius 3 is 2.64 bits per heavy atom. The average Bonchev–Trinajstić information content (AvgIpc) is 3.19. The van der Waals surface area contributed by atoms with Gasteiger partial charge in [-0.25, -0.2) is 9.97 Å². The molecule has 1 fully saturated rings. The van der Waals surface area contributed by atoms with Gasteiger partial charge in [0, 0.05) is 24.7 Å². The summed E-state index contributed by atoms with van der Waals surface area (Å²) < 4.78 is 0. The Morgan fingerprint density at radius 2 is 1.89 bits per heavy atom. The zero-order chi connectivity index (χ0) is 19.3. The number of amides is 1. The molecule has 0 saturated heterocycles. The van der Waals surface area contributed by atoms with Crippen molar-refractivity contribution in [2.75, 3.05) is 12.3 Å². The molecule has 28 heavy (non-hydrogen) atoms. The Kier molecular flexibility index (Phi) is 5.51. The minimum atomic E-state index is 0.00135. The maximum absolute atomic E-state index is 13.0. The number of hydrogen-bond acceptors (Lipinski definition) is 4. The van der Waals surface area contributed by atoms with Crippen molar-refractivity contribution in [1.82, 2.24) is 15.3 Å². The summed E-state index contributed by atoms with van der Waals surface area (Å²) in [5, 5.41) is 3.18. The van der Waals surface area contributed by atoms with Crippen LogP contribution in [0.5, 0.6) is 0 Å². The topological polar surface area (TPSA) is 80.9 Å². The first kappa shape index (κ1) is 18.4. The molecule has 2 aromatic rings. The van der Waals surface area contributed by atoms with Gasteiger partial charge in [-0.05, 0) is 47.6 Å². The van der Waals surface area contributed by atoms with Crippen LogP contribution >= 0.6 is 0 Å². The zero-order valence-corrected chi connectivity index (χ0v) is 16.0. The van der Waals surface area contributed by atoms with Crippen molar-refractivity contribution < 1.29 is 4.79 Å². The maximum Gasteiger partial charge on any atom is 0.251 e. The SMILES string of the molecule is Nc1nccc(C2=CC(C(=O)NCC3CCCCC3)=C(c3ccccc3)C2)n1. The van der Waals surface area contributed by atoms with Gasteiger partial charge >= 0.3 is 0 Å². The third kappa shape index (κ3) is 4.14. The summed E-state index contributed by atoms with van der Waals surface area (Å²) in [6, 6.07) is 11.9. The first-order valence-electron chi connectivity index (χ1n) is 10.1. The predicted molar refractivity (Wildman–Crippen MR) is 112 cm³/mol. The number of nitrogen functional groups attached to an aromatic ring is 1. The van der Waals surface area contributed by atoms with E-state index in [9.17, 15) is 4.79 Å². The van der Waals surface area contributed by atoms with E-state index in [-0.39, 0.29) is 11.9 Å². The second-order valence-corrected chi connectivity index (χ2v) is 7.62. The molecule has 0 radical (unpaired) electrons. The molecule has 5 heteroatoms. The van der Waals surface area contributed by atoms with Gasteiger partial charge in [0.25, 0.3) is 5.91 Å². The van der Waals surface area contributed by atoms with Gasteiger partial charge in [-0.15, -0.1) is 0 Å². The highest BCUT2D eigenvalue weighted by atomic mass is 16.1. The molecule has 1 saturated carbocycles. The maximum atomic E-state index is 13.0. The van der Waals surface area contributed by atoms with Crippen molar-refractivity contribution in [3.8, 4) is 0 Å². The van der Waals surface area contributed by atoms with Crippen molar-refractivity contribution in [2.45, 2.75) is 38.5 Å². The molecule has 2 aliphatic carbocycles. The van der Waals surface area contributed by atoms with E-state index >= 15 is 0 Å². The fourth-order valence-corrected chi connectivity index (χ4v) is 4.14. The summed E-state index contributed by atoms with van der Waals surface area (Å²) in [4.78, 5) is 21.4. The van der Waals surface area contributed by atoms with Crippen LogP contribution in [0.4, 0.5) is 5.95 Å². The molecule has 1 heterocycles. The van der Waals surface area contributed by atoms with Gasteiger partial charge in [0.2, 0.25) is 5.95 Å². The van der Waals surface area contributed by atoms with E-state index in [1.165, 1.54) is 32.1 Å². The molecule has 1 aromatic heterocycles. The van der Waals surface area contributed by atoms with E-state index in [2.05, 4.69) is 27.4 Å². The summed E-state index contributed by atoms with van der Waals surface area (Å²) in [5.41, 5.74) is 10.4. The van der Waals surface area contributed by atoms with Crippen molar-refractivity contribution in [3.63, 3.8) is 0 Å². The number of nitrogens with two attached hydrogens (primary N) is 1. The van der Waals surface area contributed by atoms with E-state index < -0.39 is 0 Å². The van der Waals surface area contributed by atoms with E-state index in [1.807, 2.05) is 30.3 Å². The van der Waals surface area contributed by atoms with E-state index in [1.54, 1.807) is 6.20 Å². The summed E-state index contributed by atoms with van der Waals surface area (Å²) in [7, 11) is 0. The molecular formula is C23H26N4O.